The number of hydrogen-bond donors (Lipinski definition) is 1. The Morgan fingerprint density at radius 1 is 1.43 bits per heavy atom. The van der Waals surface area contributed by atoms with Gasteiger partial charge in [0.1, 0.15) is 5.15 Å². The van der Waals surface area contributed by atoms with Gasteiger partial charge in [0.05, 0.1) is 5.69 Å². The van der Waals surface area contributed by atoms with Crippen LogP contribution in [-0.4, -0.2) is 4.98 Å². The van der Waals surface area contributed by atoms with Crippen molar-refractivity contribution in [1.29, 1.82) is 0 Å². The van der Waals surface area contributed by atoms with Crippen molar-refractivity contribution < 1.29 is 0 Å². The number of hydrogen-bond acceptors (Lipinski definition) is 2. The first-order chi connectivity index (χ1) is 6.61. The number of anilines is 1. The molecular weight excluding hydrogens is 263 g/mol. The molecule has 0 aliphatic heterocycles. The molecule has 0 spiro atoms. The summed E-state index contributed by atoms with van der Waals surface area (Å²) in [5, 5.41) is 2.31. The lowest BCUT2D eigenvalue weighted by Gasteiger charge is -2.07. The van der Waals surface area contributed by atoms with Crippen molar-refractivity contribution in [3.63, 3.8) is 0 Å². The average molecular weight is 272 g/mol. The summed E-state index contributed by atoms with van der Waals surface area (Å²) in [6, 6.07) is 5.63. The summed E-state index contributed by atoms with van der Waals surface area (Å²) in [6.45, 7) is 1.89. The molecule has 0 amide bonds. The Bertz CT molecular complexity index is 511. The number of nitrogens with two attached hydrogens (primary N) is 1. The van der Waals surface area contributed by atoms with Gasteiger partial charge >= 0.3 is 0 Å². The maximum atomic E-state index is 6.02. The minimum absolute atomic E-state index is 0.494. The second-order valence-corrected chi connectivity index (χ2v) is 4.22. The van der Waals surface area contributed by atoms with Crippen molar-refractivity contribution in [3.8, 4) is 0 Å². The zero-order valence-electron chi connectivity index (χ0n) is 7.51. The van der Waals surface area contributed by atoms with Crippen LogP contribution in [0.3, 0.4) is 0 Å². The van der Waals surface area contributed by atoms with Crippen LogP contribution in [0.4, 0.5) is 5.69 Å². The van der Waals surface area contributed by atoms with Gasteiger partial charge in [0, 0.05) is 20.9 Å². The number of aromatic nitrogens is 1. The Hall–Kier alpha value is -0.800. The molecule has 2 nitrogen and oxygen atoms in total. The first kappa shape index (κ1) is 9.74. The fourth-order valence-electron chi connectivity index (χ4n) is 1.42. The first-order valence-electron chi connectivity index (χ1n) is 4.11. The molecule has 2 aromatic rings. The summed E-state index contributed by atoms with van der Waals surface area (Å²) in [6.07, 6.45) is 0. The molecule has 2 N–H and O–H groups in total. The van der Waals surface area contributed by atoms with E-state index < -0.39 is 0 Å². The van der Waals surface area contributed by atoms with Crippen molar-refractivity contribution in [3.05, 3.63) is 33.5 Å². The molecule has 0 fully saturated rings. The molecule has 0 unspecified atom stereocenters. The molecule has 2 rings (SSSR count). The normalized spacial score (nSPS) is 10.8. The molecule has 0 aliphatic carbocycles. The van der Waals surface area contributed by atoms with Gasteiger partial charge in [0.2, 0.25) is 0 Å². The van der Waals surface area contributed by atoms with E-state index >= 15 is 0 Å². The van der Waals surface area contributed by atoms with Gasteiger partial charge in [-0.15, -0.1) is 0 Å². The highest BCUT2D eigenvalue weighted by Gasteiger charge is 2.09. The fraction of sp³-hybridized carbons (Fsp3) is 0.100. The number of rotatable bonds is 0. The van der Waals surface area contributed by atoms with Crippen molar-refractivity contribution in [1.82, 2.24) is 4.98 Å². The molecule has 0 saturated carbocycles. The number of halogens is 2. The van der Waals surface area contributed by atoms with Gasteiger partial charge < -0.3 is 5.73 Å². The van der Waals surface area contributed by atoms with Crippen LogP contribution in [0.1, 0.15) is 5.69 Å². The Labute approximate surface area is 95.2 Å². The SMILES string of the molecule is Cc1nc(Cl)c2cccc(N)c2c1Br. The summed E-state index contributed by atoms with van der Waals surface area (Å²) < 4.78 is 0.912. The van der Waals surface area contributed by atoms with Crippen molar-refractivity contribution >= 4 is 44.0 Å². The number of nitrogens with zero attached hydrogens (tertiary/aromatic N) is 1. The third-order valence-corrected chi connectivity index (χ3v) is 3.38. The van der Waals surface area contributed by atoms with Gasteiger partial charge in [-0.25, -0.2) is 4.98 Å². The number of nitrogen functional groups attached to an aromatic ring is 1. The molecular formula is C10H8BrClN2. The molecule has 0 aliphatic rings. The molecule has 1 aromatic heterocycles. The van der Waals surface area contributed by atoms with E-state index in [4.69, 9.17) is 17.3 Å². The number of benzene rings is 1. The summed E-state index contributed by atoms with van der Waals surface area (Å²) >= 11 is 9.48. The average Bonchev–Trinajstić information content (AvgIpc) is 2.14. The lowest BCUT2D eigenvalue weighted by molar-refractivity contribution is 1.21. The van der Waals surface area contributed by atoms with E-state index in [1.807, 2.05) is 25.1 Å². The van der Waals surface area contributed by atoms with Crippen molar-refractivity contribution in [2.75, 3.05) is 5.73 Å². The molecule has 72 valence electrons. The van der Waals surface area contributed by atoms with Crippen molar-refractivity contribution in [2.45, 2.75) is 6.92 Å². The zero-order valence-corrected chi connectivity index (χ0v) is 9.85. The predicted octanol–water partition coefficient (Wildman–Crippen LogP) is 3.54. The smallest absolute Gasteiger partial charge is 0.137 e. The second kappa shape index (κ2) is 3.41. The van der Waals surface area contributed by atoms with Crippen LogP contribution >= 0.6 is 27.5 Å². The summed E-state index contributed by atoms with van der Waals surface area (Å²) in [5.41, 5.74) is 7.44. The second-order valence-electron chi connectivity index (χ2n) is 3.07. The molecule has 14 heavy (non-hydrogen) atoms. The van der Waals surface area contributed by atoms with Crippen LogP contribution in [0.15, 0.2) is 22.7 Å². The Kier molecular flexibility index (Phi) is 2.37. The number of aryl methyl sites for hydroxylation is 1. The standard InChI is InChI=1S/C10H8BrClN2/c1-5-9(11)8-6(10(12)14-5)3-2-4-7(8)13/h2-4H,13H2,1H3. The largest absolute Gasteiger partial charge is 0.398 e. The van der Waals surface area contributed by atoms with Gasteiger partial charge in [-0.3, -0.25) is 0 Å². The molecule has 0 saturated heterocycles. The van der Waals surface area contributed by atoms with Gasteiger partial charge in [0.15, 0.2) is 0 Å². The molecule has 1 aromatic carbocycles. The van der Waals surface area contributed by atoms with Crippen molar-refractivity contribution in [2.24, 2.45) is 0 Å². The van der Waals surface area contributed by atoms with Crippen LogP contribution in [0.25, 0.3) is 10.8 Å². The highest BCUT2D eigenvalue weighted by molar-refractivity contribution is 9.10. The highest BCUT2D eigenvalue weighted by atomic mass is 79.9. The summed E-state index contributed by atoms with van der Waals surface area (Å²) in [5.74, 6) is 0. The topological polar surface area (TPSA) is 38.9 Å². The summed E-state index contributed by atoms with van der Waals surface area (Å²) in [4.78, 5) is 4.21. The molecule has 0 atom stereocenters. The van der Waals surface area contributed by atoms with Crippen LogP contribution in [0.2, 0.25) is 5.15 Å². The van der Waals surface area contributed by atoms with Gasteiger partial charge in [-0.2, -0.15) is 0 Å². The quantitative estimate of drug-likeness (QED) is 0.588. The van der Waals surface area contributed by atoms with E-state index in [1.165, 1.54) is 0 Å². The van der Waals surface area contributed by atoms with Crippen LogP contribution in [-0.2, 0) is 0 Å². The third-order valence-electron chi connectivity index (χ3n) is 2.12. The number of pyridine rings is 1. The monoisotopic (exact) mass is 270 g/mol. The minimum Gasteiger partial charge on any atom is -0.398 e. The maximum Gasteiger partial charge on any atom is 0.137 e. The fourth-order valence-corrected chi connectivity index (χ4v) is 2.24. The minimum atomic E-state index is 0.494. The van der Waals surface area contributed by atoms with Gasteiger partial charge in [-0.1, -0.05) is 23.7 Å². The lowest BCUT2D eigenvalue weighted by Crippen LogP contribution is -1.92. The molecule has 4 heteroatoms. The van der Waals surface area contributed by atoms with Crippen LogP contribution in [0.5, 0.6) is 0 Å². The van der Waals surface area contributed by atoms with E-state index in [9.17, 15) is 0 Å². The Morgan fingerprint density at radius 3 is 2.86 bits per heavy atom. The molecule has 1 heterocycles. The third kappa shape index (κ3) is 1.37. The van der Waals surface area contributed by atoms with E-state index in [0.717, 1.165) is 20.9 Å². The lowest BCUT2D eigenvalue weighted by atomic mass is 10.1. The maximum absolute atomic E-state index is 6.02. The first-order valence-corrected chi connectivity index (χ1v) is 5.28. The molecule has 0 bridgehead atoms. The Balaban J connectivity index is 3.03. The van der Waals surface area contributed by atoms with Crippen LogP contribution in [0, 0.1) is 6.92 Å². The predicted molar refractivity (Wildman–Crippen MR) is 63.6 cm³/mol. The number of fused-ring (bicyclic) bond motifs is 1. The molecule has 0 radical (unpaired) electrons. The van der Waals surface area contributed by atoms with E-state index in [0.29, 0.717) is 10.8 Å². The Morgan fingerprint density at radius 2 is 2.14 bits per heavy atom. The zero-order chi connectivity index (χ0) is 10.3. The highest BCUT2D eigenvalue weighted by Crippen LogP contribution is 2.34. The van der Waals surface area contributed by atoms with Gasteiger partial charge in [0.25, 0.3) is 0 Å². The summed E-state index contributed by atoms with van der Waals surface area (Å²) in [7, 11) is 0. The van der Waals surface area contributed by atoms with Gasteiger partial charge in [-0.05, 0) is 28.9 Å². The van der Waals surface area contributed by atoms with E-state index in [1.54, 1.807) is 0 Å². The van der Waals surface area contributed by atoms with E-state index in [2.05, 4.69) is 20.9 Å². The van der Waals surface area contributed by atoms with Crippen LogP contribution < -0.4 is 5.73 Å². The van der Waals surface area contributed by atoms with E-state index in [-0.39, 0.29) is 0 Å².